The highest BCUT2D eigenvalue weighted by Crippen LogP contribution is 2.03. The predicted octanol–water partition coefficient (Wildman–Crippen LogP) is 2.58. The van der Waals surface area contributed by atoms with Gasteiger partial charge >= 0.3 is 0 Å². The maximum Gasteiger partial charge on any atom is 0.246 e. The van der Waals surface area contributed by atoms with E-state index in [-0.39, 0.29) is 5.91 Å². The Morgan fingerprint density at radius 1 is 1.33 bits per heavy atom. The molecule has 1 rings (SSSR count). The molecule has 0 spiro atoms. The van der Waals surface area contributed by atoms with Gasteiger partial charge in [0.15, 0.2) is 0 Å². The maximum atomic E-state index is 11.4. The molecule has 15 heavy (non-hydrogen) atoms. The Labute approximate surface area is 91.0 Å². The van der Waals surface area contributed by atoms with E-state index in [0.29, 0.717) is 6.54 Å². The summed E-state index contributed by atoms with van der Waals surface area (Å²) in [4.78, 5) is 11.4. The van der Waals surface area contributed by atoms with Gasteiger partial charge in [-0.1, -0.05) is 35.9 Å². The molecule has 80 valence electrons. The molecule has 1 aromatic carbocycles. The Bertz CT molecular complexity index is 363. The SMILES string of the molecule is CC=C(C)C(=O)NCc1ccc(C)cc1. The second-order valence-electron chi connectivity index (χ2n) is 3.64. The number of hydrogen-bond donors (Lipinski definition) is 1. The second-order valence-corrected chi connectivity index (χ2v) is 3.64. The number of aryl methyl sites for hydroxylation is 1. The summed E-state index contributed by atoms with van der Waals surface area (Å²) in [5.74, 6) is -0.00178. The number of nitrogens with one attached hydrogen (secondary N) is 1. The van der Waals surface area contributed by atoms with Crippen molar-refractivity contribution in [3.05, 3.63) is 47.0 Å². The lowest BCUT2D eigenvalue weighted by Gasteiger charge is -2.05. The maximum absolute atomic E-state index is 11.4. The summed E-state index contributed by atoms with van der Waals surface area (Å²) < 4.78 is 0. The molecule has 0 bridgehead atoms. The molecular formula is C13H17NO. The average Bonchev–Trinajstić information content (AvgIpc) is 2.26. The Hall–Kier alpha value is -1.57. The van der Waals surface area contributed by atoms with E-state index < -0.39 is 0 Å². The first-order valence-electron chi connectivity index (χ1n) is 5.10. The van der Waals surface area contributed by atoms with E-state index in [1.54, 1.807) is 0 Å². The number of benzene rings is 1. The first kappa shape index (κ1) is 11.5. The minimum atomic E-state index is -0.00178. The number of carbonyl (C=O) groups is 1. The van der Waals surface area contributed by atoms with Gasteiger partial charge in [-0.05, 0) is 26.3 Å². The van der Waals surface area contributed by atoms with E-state index >= 15 is 0 Å². The predicted molar refractivity (Wildman–Crippen MR) is 62.5 cm³/mol. The van der Waals surface area contributed by atoms with Crippen LogP contribution in [-0.4, -0.2) is 5.91 Å². The third-order valence-corrected chi connectivity index (χ3v) is 2.36. The van der Waals surface area contributed by atoms with Crippen molar-refractivity contribution in [1.82, 2.24) is 5.32 Å². The van der Waals surface area contributed by atoms with Crippen molar-refractivity contribution in [2.45, 2.75) is 27.3 Å². The molecule has 2 nitrogen and oxygen atoms in total. The molecule has 0 aliphatic rings. The van der Waals surface area contributed by atoms with Gasteiger partial charge in [0, 0.05) is 12.1 Å². The lowest BCUT2D eigenvalue weighted by atomic mass is 10.1. The highest BCUT2D eigenvalue weighted by Gasteiger charge is 2.01. The monoisotopic (exact) mass is 203 g/mol. The molecule has 0 fully saturated rings. The number of rotatable bonds is 3. The minimum Gasteiger partial charge on any atom is -0.348 e. The molecule has 1 amide bonds. The van der Waals surface area contributed by atoms with Gasteiger partial charge in [0.2, 0.25) is 5.91 Å². The van der Waals surface area contributed by atoms with Crippen LogP contribution < -0.4 is 5.32 Å². The highest BCUT2D eigenvalue weighted by atomic mass is 16.1. The van der Waals surface area contributed by atoms with Crippen molar-refractivity contribution in [1.29, 1.82) is 0 Å². The summed E-state index contributed by atoms with van der Waals surface area (Å²) in [5.41, 5.74) is 3.11. The Morgan fingerprint density at radius 2 is 1.93 bits per heavy atom. The zero-order valence-electron chi connectivity index (χ0n) is 9.50. The van der Waals surface area contributed by atoms with Crippen molar-refractivity contribution in [2.75, 3.05) is 0 Å². The van der Waals surface area contributed by atoms with Gasteiger partial charge in [0.25, 0.3) is 0 Å². The van der Waals surface area contributed by atoms with Crippen LogP contribution >= 0.6 is 0 Å². The van der Waals surface area contributed by atoms with Gasteiger partial charge in [-0.2, -0.15) is 0 Å². The molecule has 0 aliphatic heterocycles. The molecule has 0 radical (unpaired) electrons. The van der Waals surface area contributed by atoms with E-state index in [2.05, 4.69) is 5.32 Å². The Kier molecular flexibility index (Phi) is 4.10. The fourth-order valence-electron chi connectivity index (χ4n) is 1.16. The summed E-state index contributed by atoms with van der Waals surface area (Å²) in [7, 11) is 0. The van der Waals surface area contributed by atoms with Crippen molar-refractivity contribution in [3.8, 4) is 0 Å². The van der Waals surface area contributed by atoms with Gasteiger partial charge in [-0.15, -0.1) is 0 Å². The van der Waals surface area contributed by atoms with Crippen molar-refractivity contribution in [2.24, 2.45) is 0 Å². The quantitative estimate of drug-likeness (QED) is 0.752. The molecular weight excluding hydrogens is 186 g/mol. The van der Waals surface area contributed by atoms with Crippen LogP contribution in [0.25, 0.3) is 0 Å². The third-order valence-electron chi connectivity index (χ3n) is 2.36. The number of carbonyl (C=O) groups excluding carboxylic acids is 1. The molecule has 1 N–H and O–H groups in total. The smallest absolute Gasteiger partial charge is 0.246 e. The first-order chi connectivity index (χ1) is 7.13. The van der Waals surface area contributed by atoms with Crippen LogP contribution in [-0.2, 0) is 11.3 Å². The molecule has 0 heterocycles. The zero-order chi connectivity index (χ0) is 11.3. The van der Waals surface area contributed by atoms with Crippen molar-refractivity contribution < 1.29 is 4.79 Å². The molecule has 2 heteroatoms. The molecule has 0 saturated heterocycles. The standard InChI is InChI=1S/C13H17NO/c1-4-11(3)13(15)14-9-12-7-5-10(2)6-8-12/h4-8H,9H2,1-3H3,(H,14,15). The topological polar surface area (TPSA) is 29.1 Å². The van der Waals surface area contributed by atoms with Crippen LogP contribution in [0.2, 0.25) is 0 Å². The third kappa shape index (κ3) is 3.58. The van der Waals surface area contributed by atoms with Gasteiger partial charge in [-0.3, -0.25) is 4.79 Å². The minimum absolute atomic E-state index is 0.00178. The molecule has 0 aromatic heterocycles. The van der Waals surface area contributed by atoms with Gasteiger partial charge in [-0.25, -0.2) is 0 Å². The molecule has 0 saturated carbocycles. The average molecular weight is 203 g/mol. The normalized spacial score (nSPS) is 11.3. The zero-order valence-corrected chi connectivity index (χ0v) is 9.50. The van der Waals surface area contributed by atoms with E-state index in [1.165, 1.54) is 5.56 Å². The van der Waals surface area contributed by atoms with E-state index in [1.807, 2.05) is 51.1 Å². The summed E-state index contributed by atoms with van der Waals surface area (Å²) in [5, 5.41) is 2.86. The van der Waals surface area contributed by atoms with Crippen LogP contribution in [0, 0.1) is 6.92 Å². The Morgan fingerprint density at radius 3 is 2.47 bits per heavy atom. The Balaban J connectivity index is 2.51. The van der Waals surface area contributed by atoms with Crippen molar-refractivity contribution >= 4 is 5.91 Å². The second kappa shape index (κ2) is 5.35. The number of amides is 1. The van der Waals surface area contributed by atoms with Gasteiger partial charge < -0.3 is 5.32 Å². The van der Waals surface area contributed by atoms with Crippen molar-refractivity contribution in [3.63, 3.8) is 0 Å². The molecule has 0 aliphatic carbocycles. The van der Waals surface area contributed by atoms with Crippen LogP contribution in [0.15, 0.2) is 35.9 Å². The van der Waals surface area contributed by atoms with Gasteiger partial charge in [0.1, 0.15) is 0 Å². The highest BCUT2D eigenvalue weighted by molar-refractivity contribution is 5.92. The number of hydrogen-bond acceptors (Lipinski definition) is 1. The van der Waals surface area contributed by atoms with Crippen LogP contribution in [0.4, 0.5) is 0 Å². The fraction of sp³-hybridized carbons (Fsp3) is 0.308. The summed E-state index contributed by atoms with van der Waals surface area (Å²) in [6.07, 6.45) is 1.81. The molecule has 0 unspecified atom stereocenters. The van der Waals surface area contributed by atoms with E-state index in [0.717, 1.165) is 11.1 Å². The lowest BCUT2D eigenvalue weighted by molar-refractivity contribution is -0.117. The van der Waals surface area contributed by atoms with E-state index in [9.17, 15) is 4.79 Å². The van der Waals surface area contributed by atoms with Crippen LogP contribution in [0.1, 0.15) is 25.0 Å². The summed E-state index contributed by atoms with van der Waals surface area (Å²) in [6, 6.07) is 8.15. The molecule has 0 atom stereocenters. The lowest BCUT2D eigenvalue weighted by Crippen LogP contribution is -2.23. The van der Waals surface area contributed by atoms with Crippen LogP contribution in [0.3, 0.4) is 0 Å². The van der Waals surface area contributed by atoms with E-state index in [4.69, 9.17) is 0 Å². The summed E-state index contributed by atoms with van der Waals surface area (Å²) in [6.45, 7) is 6.31. The first-order valence-corrected chi connectivity index (χ1v) is 5.10. The molecule has 1 aromatic rings. The number of allylic oxidation sites excluding steroid dienone is 1. The largest absolute Gasteiger partial charge is 0.348 e. The summed E-state index contributed by atoms with van der Waals surface area (Å²) >= 11 is 0. The fourth-order valence-corrected chi connectivity index (χ4v) is 1.16. The van der Waals surface area contributed by atoms with Gasteiger partial charge in [0.05, 0.1) is 0 Å². The van der Waals surface area contributed by atoms with Crippen LogP contribution in [0.5, 0.6) is 0 Å².